The van der Waals surface area contributed by atoms with Gasteiger partial charge in [-0.3, -0.25) is 4.79 Å². The molecule has 0 spiro atoms. The predicted molar refractivity (Wildman–Crippen MR) is 220 cm³/mol. The number of aliphatic hydroxyl groups is 9. The highest BCUT2D eigenvalue weighted by atomic mass is 16.7. The van der Waals surface area contributed by atoms with Crippen LogP contribution in [0, 0.1) is 44.8 Å². The smallest absolute Gasteiger partial charge is 0.335 e. The number of carbonyl (C=O) groups is 2. The fourth-order valence-corrected chi connectivity index (χ4v) is 14.3. The number of ether oxygens (including phenoxy) is 6. The topological polar surface area (TPSA) is 292 Å². The van der Waals surface area contributed by atoms with Crippen LogP contribution in [0.25, 0.3) is 0 Å². The number of carbonyl (C=O) groups excluding carboxylic acids is 1. The summed E-state index contributed by atoms with van der Waals surface area (Å²) in [4.78, 5) is 26.9. The lowest BCUT2D eigenvalue weighted by Gasteiger charge is -2.71. The highest BCUT2D eigenvalue weighted by Crippen LogP contribution is 2.75. The van der Waals surface area contributed by atoms with Crippen molar-refractivity contribution >= 4 is 11.9 Å². The van der Waals surface area contributed by atoms with Crippen molar-refractivity contribution in [2.75, 3.05) is 13.2 Å². The number of aliphatic carboxylic acids is 1. The van der Waals surface area contributed by atoms with Crippen LogP contribution in [0.3, 0.4) is 0 Å². The van der Waals surface area contributed by atoms with E-state index in [4.69, 9.17) is 28.4 Å². The van der Waals surface area contributed by atoms with Gasteiger partial charge in [-0.2, -0.15) is 0 Å². The molecule has 3 saturated heterocycles. The molecule has 8 aliphatic rings. The van der Waals surface area contributed by atoms with Gasteiger partial charge in [0.2, 0.25) is 6.29 Å². The Kier molecular flexibility index (Phi) is 12.9. The molecule has 0 aromatic rings. The van der Waals surface area contributed by atoms with E-state index in [9.17, 15) is 60.7 Å². The number of carboxylic acids is 1. The number of hydrogen-bond acceptors (Lipinski definition) is 17. The van der Waals surface area contributed by atoms with E-state index in [0.717, 1.165) is 31.3 Å². The van der Waals surface area contributed by atoms with Gasteiger partial charge in [-0.15, -0.1) is 0 Å². The Morgan fingerprint density at radius 2 is 1.47 bits per heavy atom. The average molecular weight is 911 g/mol. The summed E-state index contributed by atoms with van der Waals surface area (Å²) in [5.74, 6) is -1.93. The van der Waals surface area contributed by atoms with Gasteiger partial charge in [0.05, 0.1) is 24.7 Å². The normalized spacial score (nSPS) is 52.5. The van der Waals surface area contributed by atoms with Crippen LogP contribution >= 0.6 is 0 Å². The molecule has 18 heteroatoms. The Morgan fingerprint density at radius 1 is 0.766 bits per heavy atom. The maximum Gasteiger partial charge on any atom is 0.335 e. The van der Waals surface area contributed by atoms with E-state index < -0.39 is 128 Å². The van der Waals surface area contributed by atoms with Gasteiger partial charge in [0, 0.05) is 5.92 Å². The average Bonchev–Trinajstić information content (AvgIpc) is 3.24. The maximum atomic E-state index is 14.5. The van der Waals surface area contributed by atoms with E-state index in [1.54, 1.807) is 0 Å². The molecule has 5 aliphatic carbocycles. The molecule has 0 aromatic heterocycles. The standard InChI is InChI=1S/C46H70O18/c1-20-9-14-46(41(58)64-39-32(53)30(51)29(50)24(18-47)60-39)16-15-44(5)21(22(46)17-20)7-8-26-43(4)12-11-27(42(2,3)25(43)10-13-45(26,44)6)61-40-34(55)35(33(54)36(63-40)37(56)57)62-38-31(52)28(49)23(48)19-59-38/h7,22-36,38-40,47-55H,1,8-19H2,2-6H3,(H,56,57)/t22-,23+,24+,25?,26+,27-,28-,29+,30-,31+,32+,33-,34+,35-,36-,38-,39-,40+,43-,44+,45+,46-/m0/s1. The van der Waals surface area contributed by atoms with Crippen LogP contribution < -0.4 is 0 Å². The lowest BCUT2D eigenvalue weighted by Crippen LogP contribution is -2.67. The van der Waals surface area contributed by atoms with E-state index in [-0.39, 0.29) is 34.0 Å². The fourth-order valence-electron chi connectivity index (χ4n) is 14.3. The van der Waals surface area contributed by atoms with Gasteiger partial charge in [-0.1, -0.05) is 58.4 Å². The van der Waals surface area contributed by atoms with E-state index in [0.29, 0.717) is 38.5 Å². The van der Waals surface area contributed by atoms with Crippen LogP contribution in [0.5, 0.6) is 0 Å². The second-order valence-corrected chi connectivity index (χ2v) is 21.6. The third-order valence-corrected chi connectivity index (χ3v) is 18.3. The van der Waals surface area contributed by atoms with Crippen molar-refractivity contribution in [3.63, 3.8) is 0 Å². The van der Waals surface area contributed by atoms with E-state index in [2.05, 4.69) is 47.3 Å². The first-order valence-electron chi connectivity index (χ1n) is 23.1. The summed E-state index contributed by atoms with van der Waals surface area (Å²) < 4.78 is 34.9. The molecule has 3 aliphatic heterocycles. The SMILES string of the molecule is C=C1CC[C@]2(C(=O)O[C@@H]3O[C@H](CO)[C@@H](O)[C@H](O)[C@H]3O)CC[C@]3(C)C(=CC[C@@H]4[C@@]5(C)CC[C@H](O[C@@H]6O[C@H](C(=O)O)[C@@H](O)[C@H](O[C@@H]7OC[C@@H](O)[C@H](O)[C@H]7O)[C@H]6O)C(C)(C)C5CC[C@]43C)[C@@H]2C1. The van der Waals surface area contributed by atoms with Crippen LogP contribution in [0.15, 0.2) is 23.8 Å². The molecule has 1 unspecified atom stereocenters. The second kappa shape index (κ2) is 17.1. The number of rotatable bonds is 8. The molecule has 7 fully saturated rings. The van der Waals surface area contributed by atoms with Crippen LogP contribution in [0.2, 0.25) is 0 Å². The number of hydrogen-bond donors (Lipinski definition) is 10. The summed E-state index contributed by atoms with van der Waals surface area (Å²) in [5.41, 5.74) is 0.120. The van der Waals surface area contributed by atoms with Gasteiger partial charge in [-0.05, 0) is 97.7 Å². The Balaban J connectivity index is 1.02. The maximum absolute atomic E-state index is 14.5. The minimum absolute atomic E-state index is 0.119. The zero-order chi connectivity index (χ0) is 46.6. The highest BCUT2D eigenvalue weighted by molar-refractivity contribution is 5.79. The molecule has 0 aromatic carbocycles. The second-order valence-electron chi connectivity index (χ2n) is 21.6. The molecule has 3 heterocycles. The van der Waals surface area contributed by atoms with Crippen LogP contribution in [0.4, 0.5) is 0 Å². The Bertz CT molecular complexity index is 1820. The molecule has 22 atom stereocenters. The third-order valence-electron chi connectivity index (χ3n) is 18.3. The Hall–Kier alpha value is -2.14. The van der Waals surface area contributed by atoms with Gasteiger partial charge in [0.1, 0.15) is 61.0 Å². The quantitative estimate of drug-likeness (QED) is 0.0896. The number of fused-ring (bicyclic) bond motifs is 7. The highest BCUT2D eigenvalue weighted by Gasteiger charge is 2.70. The molecule has 0 radical (unpaired) electrons. The molecule has 64 heavy (non-hydrogen) atoms. The number of aliphatic hydroxyl groups excluding tert-OH is 9. The van der Waals surface area contributed by atoms with Gasteiger partial charge >= 0.3 is 11.9 Å². The summed E-state index contributed by atoms with van der Waals surface area (Å²) >= 11 is 0. The molecular formula is C46H70O18. The molecular weight excluding hydrogens is 840 g/mol. The third kappa shape index (κ3) is 7.36. The molecule has 362 valence electrons. The first-order valence-corrected chi connectivity index (χ1v) is 23.1. The van der Waals surface area contributed by atoms with Crippen LogP contribution in [-0.4, -0.2) is 168 Å². The summed E-state index contributed by atoms with van der Waals surface area (Å²) in [6, 6.07) is 0. The fraction of sp³-hybridized carbons (Fsp3) is 0.870. The van der Waals surface area contributed by atoms with E-state index in [1.807, 2.05) is 0 Å². The van der Waals surface area contributed by atoms with Gasteiger partial charge < -0.3 is 79.5 Å². The van der Waals surface area contributed by atoms with Crippen molar-refractivity contribution in [1.82, 2.24) is 0 Å². The van der Waals surface area contributed by atoms with Crippen molar-refractivity contribution in [2.45, 2.75) is 191 Å². The lowest BCUT2D eigenvalue weighted by molar-refractivity contribution is -0.357. The van der Waals surface area contributed by atoms with Crippen LogP contribution in [0.1, 0.15) is 98.8 Å². The Labute approximate surface area is 373 Å². The molecule has 18 nitrogen and oxygen atoms in total. The number of esters is 1. The minimum Gasteiger partial charge on any atom is -0.479 e. The predicted octanol–water partition coefficient (Wildman–Crippen LogP) is 0.402. The molecule has 0 bridgehead atoms. The lowest BCUT2D eigenvalue weighted by atomic mass is 9.34. The van der Waals surface area contributed by atoms with Crippen molar-refractivity contribution in [1.29, 1.82) is 0 Å². The van der Waals surface area contributed by atoms with Crippen molar-refractivity contribution in [3.05, 3.63) is 23.8 Å². The van der Waals surface area contributed by atoms with E-state index in [1.165, 1.54) is 5.57 Å². The van der Waals surface area contributed by atoms with Gasteiger partial charge in [0.25, 0.3) is 0 Å². The molecule has 0 amide bonds. The summed E-state index contributed by atoms with van der Waals surface area (Å²) in [6.07, 6.45) is -14.3. The van der Waals surface area contributed by atoms with Crippen molar-refractivity contribution in [2.24, 2.45) is 44.8 Å². The van der Waals surface area contributed by atoms with Crippen LogP contribution in [-0.2, 0) is 38.0 Å². The van der Waals surface area contributed by atoms with E-state index >= 15 is 0 Å². The largest absolute Gasteiger partial charge is 0.479 e. The zero-order valence-electron chi connectivity index (χ0n) is 37.4. The molecule has 8 rings (SSSR count). The zero-order valence-corrected chi connectivity index (χ0v) is 37.4. The van der Waals surface area contributed by atoms with Gasteiger partial charge in [-0.25, -0.2) is 4.79 Å². The minimum atomic E-state index is -1.90. The van der Waals surface area contributed by atoms with Crippen molar-refractivity contribution < 1.29 is 89.1 Å². The molecule has 4 saturated carbocycles. The first kappa shape index (κ1) is 48.3. The monoisotopic (exact) mass is 910 g/mol. The number of allylic oxidation sites excluding steroid dienone is 3. The van der Waals surface area contributed by atoms with Gasteiger partial charge in [0.15, 0.2) is 18.7 Å². The number of carboxylic acid groups (broad SMARTS) is 1. The summed E-state index contributed by atoms with van der Waals surface area (Å²) in [5, 5.41) is 105. The summed E-state index contributed by atoms with van der Waals surface area (Å²) in [6.45, 7) is 14.7. The summed E-state index contributed by atoms with van der Waals surface area (Å²) in [7, 11) is 0. The van der Waals surface area contributed by atoms with Crippen molar-refractivity contribution in [3.8, 4) is 0 Å². The Morgan fingerprint density at radius 3 is 2.16 bits per heavy atom. The first-order chi connectivity index (χ1) is 30.0. The molecule has 10 N–H and O–H groups in total.